The Morgan fingerprint density at radius 3 is 3.25 bits per heavy atom. The van der Waals surface area contributed by atoms with Gasteiger partial charge in [0.2, 0.25) is 0 Å². The Hall–Kier alpha value is -0.520. The third-order valence-electron chi connectivity index (χ3n) is 1.41. The van der Waals surface area contributed by atoms with Gasteiger partial charge >= 0.3 is 0 Å². The molecule has 5 heteroatoms. The maximum atomic E-state index is 4.91. The van der Waals surface area contributed by atoms with Gasteiger partial charge in [0, 0.05) is 25.6 Å². The van der Waals surface area contributed by atoms with Crippen LogP contribution in [0.2, 0.25) is 0 Å². The summed E-state index contributed by atoms with van der Waals surface area (Å²) in [5, 5.41) is 9.10. The molecule has 0 fully saturated rings. The van der Waals surface area contributed by atoms with Crippen molar-refractivity contribution in [1.29, 1.82) is 0 Å². The second-order valence-electron chi connectivity index (χ2n) is 2.42. The summed E-state index contributed by atoms with van der Waals surface area (Å²) in [6.07, 6.45) is 1.04. The van der Waals surface area contributed by atoms with E-state index < -0.39 is 0 Å². The summed E-state index contributed by atoms with van der Waals surface area (Å²) in [5.74, 6) is 0. The van der Waals surface area contributed by atoms with E-state index in [1.165, 1.54) is 11.5 Å². The number of nitrogens with one attached hydrogen (secondary N) is 1. The van der Waals surface area contributed by atoms with Crippen LogP contribution in [0, 0.1) is 0 Å². The molecule has 0 bridgehead atoms. The molecule has 0 aromatic carbocycles. The van der Waals surface area contributed by atoms with Crippen molar-refractivity contribution in [3.05, 3.63) is 11.1 Å². The molecule has 0 saturated heterocycles. The molecule has 0 atom stereocenters. The lowest BCUT2D eigenvalue weighted by Gasteiger charge is -2.00. The smallest absolute Gasteiger partial charge is 0.0893 e. The SMILES string of the molecule is COCCCNCc1csnn1. The number of methoxy groups -OCH3 is 1. The average Bonchev–Trinajstić information content (AvgIpc) is 2.57. The van der Waals surface area contributed by atoms with Gasteiger partial charge in [0.05, 0.1) is 5.69 Å². The monoisotopic (exact) mass is 187 g/mol. The van der Waals surface area contributed by atoms with Crippen LogP contribution >= 0.6 is 11.5 Å². The van der Waals surface area contributed by atoms with Crippen LogP contribution in [0.3, 0.4) is 0 Å². The van der Waals surface area contributed by atoms with Crippen molar-refractivity contribution in [3.63, 3.8) is 0 Å². The van der Waals surface area contributed by atoms with Crippen molar-refractivity contribution < 1.29 is 4.74 Å². The van der Waals surface area contributed by atoms with Crippen LogP contribution in [0.25, 0.3) is 0 Å². The third-order valence-corrected chi connectivity index (χ3v) is 1.97. The summed E-state index contributed by atoms with van der Waals surface area (Å²) in [6, 6.07) is 0. The van der Waals surface area contributed by atoms with Gasteiger partial charge in [-0.25, -0.2) is 0 Å². The van der Waals surface area contributed by atoms with Crippen LogP contribution in [0.5, 0.6) is 0 Å². The first-order chi connectivity index (χ1) is 5.93. The van der Waals surface area contributed by atoms with E-state index in [2.05, 4.69) is 14.9 Å². The average molecular weight is 187 g/mol. The highest BCUT2D eigenvalue weighted by molar-refractivity contribution is 7.03. The molecule has 1 aromatic rings. The molecule has 0 aliphatic carbocycles. The van der Waals surface area contributed by atoms with E-state index in [-0.39, 0.29) is 0 Å². The quantitative estimate of drug-likeness (QED) is 0.665. The lowest BCUT2D eigenvalue weighted by molar-refractivity contribution is 0.194. The highest BCUT2D eigenvalue weighted by Gasteiger charge is 1.93. The fraction of sp³-hybridized carbons (Fsp3) is 0.714. The highest BCUT2D eigenvalue weighted by atomic mass is 32.1. The molecular weight excluding hydrogens is 174 g/mol. The van der Waals surface area contributed by atoms with Crippen LogP contribution in [0.15, 0.2) is 5.38 Å². The maximum Gasteiger partial charge on any atom is 0.0893 e. The standard InChI is InChI=1S/C7H13N3OS/c1-11-4-2-3-8-5-7-6-12-10-9-7/h6,8H,2-5H2,1H3. The van der Waals surface area contributed by atoms with Crippen molar-refractivity contribution in [2.24, 2.45) is 0 Å². The molecule has 0 unspecified atom stereocenters. The summed E-state index contributed by atoms with van der Waals surface area (Å²) < 4.78 is 8.68. The molecule has 0 spiro atoms. The van der Waals surface area contributed by atoms with Crippen LogP contribution in [0.1, 0.15) is 12.1 Å². The maximum absolute atomic E-state index is 4.91. The van der Waals surface area contributed by atoms with Crippen molar-refractivity contribution in [1.82, 2.24) is 14.9 Å². The number of hydrogen-bond acceptors (Lipinski definition) is 5. The number of aromatic nitrogens is 2. The van der Waals surface area contributed by atoms with Gasteiger partial charge in [-0.15, -0.1) is 5.10 Å². The minimum absolute atomic E-state index is 0.806. The first kappa shape index (κ1) is 9.57. The van der Waals surface area contributed by atoms with E-state index in [1.54, 1.807) is 7.11 Å². The zero-order chi connectivity index (χ0) is 8.65. The Labute approximate surface area is 76.1 Å². The lowest BCUT2D eigenvalue weighted by atomic mass is 10.4. The third kappa shape index (κ3) is 3.75. The largest absolute Gasteiger partial charge is 0.385 e. The highest BCUT2D eigenvalue weighted by Crippen LogP contribution is 1.95. The summed E-state index contributed by atoms with van der Waals surface area (Å²) in [5.41, 5.74) is 1.01. The second kappa shape index (κ2) is 6.05. The van der Waals surface area contributed by atoms with Crippen molar-refractivity contribution in [3.8, 4) is 0 Å². The normalized spacial score (nSPS) is 10.4. The molecule has 0 radical (unpaired) electrons. The van der Waals surface area contributed by atoms with Crippen LogP contribution in [-0.2, 0) is 11.3 Å². The molecule has 12 heavy (non-hydrogen) atoms. The molecule has 68 valence electrons. The minimum Gasteiger partial charge on any atom is -0.385 e. The topological polar surface area (TPSA) is 47.0 Å². The molecule has 0 saturated carbocycles. The Morgan fingerprint density at radius 1 is 1.67 bits per heavy atom. The first-order valence-corrected chi connectivity index (χ1v) is 4.72. The summed E-state index contributed by atoms with van der Waals surface area (Å²) in [6.45, 7) is 2.58. The molecule has 1 heterocycles. The summed E-state index contributed by atoms with van der Waals surface area (Å²) in [7, 11) is 1.71. The molecule has 1 aromatic heterocycles. The van der Waals surface area contributed by atoms with Crippen molar-refractivity contribution in [2.45, 2.75) is 13.0 Å². The van der Waals surface area contributed by atoms with Gasteiger partial charge in [-0.3, -0.25) is 0 Å². The Morgan fingerprint density at radius 2 is 2.58 bits per heavy atom. The Balaban J connectivity index is 1.96. The van der Waals surface area contributed by atoms with E-state index in [4.69, 9.17) is 4.74 Å². The van der Waals surface area contributed by atoms with E-state index in [0.29, 0.717) is 0 Å². The lowest BCUT2D eigenvalue weighted by Crippen LogP contribution is -2.16. The van der Waals surface area contributed by atoms with Gasteiger partial charge in [0.1, 0.15) is 0 Å². The van der Waals surface area contributed by atoms with E-state index in [1.807, 2.05) is 5.38 Å². The minimum atomic E-state index is 0.806. The molecule has 0 amide bonds. The Kier molecular flexibility index (Phi) is 4.82. The number of nitrogens with zero attached hydrogens (tertiary/aromatic N) is 2. The molecular formula is C7H13N3OS. The van der Waals surface area contributed by atoms with Gasteiger partial charge < -0.3 is 10.1 Å². The van der Waals surface area contributed by atoms with E-state index in [9.17, 15) is 0 Å². The fourth-order valence-corrected chi connectivity index (χ4v) is 1.27. The second-order valence-corrected chi connectivity index (χ2v) is 3.03. The summed E-state index contributed by atoms with van der Waals surface area (Å²) in [4.78, 5) is 0. The van der Waals surface area contributed by atoms with Gasteiger partial charge in [-0.1, -0.05) is 4.49 Å². The van der Waals surface area contributed by atoms with Crippen LogP contribution in [-0.4, -0.2) is 29.8 Å². The van der Waals surface area contributed by atoms with Crippen molar-refractivity contribution >= 4 is 11.5 Å². The van der Waals surface area contributed by atoms with E-state index >= 15 is 0 Å². The molecule has 0 aliphatic rings. The Bertz CT molecular complexity index is 191. The molecule has 1 rings (SSSR count). The number of rotatable bonds is 6. The van der Waals surface area contributed by atoms with Crippen molar-refractivity contribution in [2.75, 3.05) is 20.3 Å². The van der Waals surface area contributed by atoms with E-state index in [0.717, 1.165) is 31.8 Å². The zero-order valence-corrected chi connectivity index (χ0v) is 7.93. The van der Waals surface area contributed by atoms with Gasteiger partial charge in [-0.2, -0.15) is 0 Å². The molecule has 4 nitrogen and oxygen atoms in total. The van der Waals surface area contributed by atoms with Crippen LogP contribution in [0.4, 0.5) is 0 Å². The molecule has 1 N–H and O–H groups in total. The van der Waals surface area contributed by atoms with Crippen LogP contribution < -0.4 is 5.32 Å². The zero-order valence-electron chi connectivity index (χ0n) is 7.12. The number of ether oxygens (including phenoxy) is 1. The van der Waals surface area contributed by atoms with Gasteiger partial charge in [0.15, 0.2) is 0 Å². The van der Waals surface area contributed by atoms with Gasteiger partial charge in [0.25, 0.3) is 0 Å². The summed E-state index contributed by atoms with van der Waals surface area (Å²) >= 11 is 1.38. The number of hydrogen-bond donors (Lipinski definition) is 1. The van der Waals surface area contributed by atoms with Gasteiger partial charge in [-0.05, 0) is 24.5 Å². The predicted molar refractivity (Wildman–Crippen MR) is 48.1 cm³/mol. The molecule has 0 aliphatic heterocycles. The first-order valence-electron chi connectivity index (χ1n) is 3.89. The predicted octanol–water partition coefficient (Wildman–Crippen LogP) is 0.664. The fourth-order valence-electron chi connectivity index (χ4n) is 0.819.